The molecule has 2 rings (SSSR count). The normalized spacial score (nSPS) is 10.6. The summed E-state index contributed by atoms with van der Waals surface area (Å²) in [6.45, 7) is 2.32. The van der Waals surface area contributed by atoms with Crippen molar-refractivity contribution in [2.45, 2.75) is 20.1 Å². The van der Waals surface area contributed by atoms with Crippen LogP contribution in [0.2, 0.25) is 0 Å². The van der Waals surface area contributed by atoms with Gasteiger partial charge in [0.15, 0.2) is 10.6 Å². The van der Waals surface area contributed by atoms with Crippen LogP contribution in [0.5, 0.6) is 5.75 Å². The summed E-state index contributed by atoms with van der Waals surface area (Å²) in [5, 5.41) is 12.8. The number of aromatic nitrogens is 1. The lowest BCUT2D eigenvalue weighted by molar-refractivity contribution is 0.0697. The summed E-state index contributed by atoms with van der Waals surface area (Å²) >= 11 is 1.18. The van der Waals surface area contributed by atoms with Crippen LogP contribution in [-0.2, 0) is 18.0 Å². The molecule has 0 radical (unpaired) electrons. The number of carbonyl (C=O) groups is 1. The average molecular weight is 283 g/mol. The average Bonchev–Trinajstić information content (AvgIpc) is 2.94. The molecule has 2 heterocycles. The third-order valence-corrected chi connectivity index (χ3v) is 3.31. The Morgan fingerprint density at radius 3 is 2.95 bits per heavy atom. The first-order valence-corrected chi connectivity index (χ1v) is 6.31. The first-order chi connectivity index (χ1) is 9.10. The molecule has 0 saturated heterocycles. The first-order valence-electron chi connectivity index (χ1n) is 5.50. The number of rotatable bonds is 6. The summed E-state index contributed by atoms with van der Waals surface area (Å²) in [5.41, 5.74) is 0.590. The molecule has 0 fully saturated rings. The minimum atomic E-state index is -0.992. The van der Waals surface area contributed by atoms with E-state index in [-0.39, 0.29) is 11.5 Å². The topological polar surface area (TPSA) is 81.8 Å². The Bertz CT molecular complexity index is 574. The Hall–Kier alpha value is -1.86. The lowest BCUT2D eigenvalue weighted by atomic mass is 10.3. The van der Waals surface area contributed by atoms with Crippen LogP contribution in [0.3, 0.4) is 0 Å². The lowest BCUT2D eigenvalue weighted by Crippen LogP contribution is -2.00. The molecule has 0 aromatic carbocycles. The summed E-state index contributed by atoms with van der Waals surface area (Å²) in [6, 6.07) is 3.41. The Labute approximate surface area is 113 Å². The van der Waals surface area contributed by atoms with Crippen LogP contribution in [0.1, 0.15) is 26.0 Å². The van der Waals surface area contributed by atoms with Crippen LogP contribution in [0, 0.1) is 6.92 Å². The van der Waals surface area contributed by atoms with Crippen molar-refractivity contribution in [2.24, 2.45) is 0 Å². The van der Waals surface area contributed by atoms with E-state index in [2.05, 4.69) is 5.16 Å². The van der Waals surface area contributed by atoms with E-state index in [1.54, 1.807) is 19.2 Å². The van der Waals surface area contributed by atoms with Gasteiger partial charge in [0.2, 0.25) is 0 Å². The number of carboxylic acid groups (broad SMARTS) is 1. The SMILES string of the molecule is COCc1cc(COc2cc(C)sc2C(=O)O)no1. The predicted molar refractivity (Wildman–Crippen MR) is 67.6 cm³/mol. The highest BCUT2D eigenvalue weighted by atomic mass is 32.1. The molecule has 2 aromatic rings. The van der Waals surface area contributed by atoms with Gasteiger partial charge >= 0.3 is 5.97 Å². The Kier molecular flexibility index (Phi) is 4.18. The summed E-state index contributed by atoms with van der Waals surface area (Å²) in [7, 11) is 1.56. The standard InChI is InChI=1S/C12H13NO5S/c1-7-3-10(11(19-7)12(14)15)17-5-8-4-9(6-16-2)18-13-8/h3-4H,5-6H2,1-2H3,(H,14,15). The zero-order valence-corrected chi connectivity index (χ0v) is 11.3. The van der Waals surface area contributed by atoms with Gasteiger partial charge in [0.25, 0.3) is 0 Å². The molecule has 0 aliphatic carbocycles. The maximum Gasteiger partial charge on any atom is 0.349 e. The Morgan fingerprint density at radius 2 is 2.26 bits per heavy atom. The number of aryl methyl sites for hydroxylation is 1. The highest BCUT2D eigenvalue weighted by molar-refractivity contribution is 7.14. The van der Waals surface area contributed by atoms with Crippen LogP contribution in [-0.4, -0.2) is 23.3 Å². The number of nitrogens with zero attached hydrogens (tertiary/aromatic N) is 1. The second-order valence-corrected chi connectivity index (χ2v) is 5.12. The van der Waals surface area contributed by atoms with Gasteiger partial charge < -0.3 is 19.1 Å². The molecule has 0 bridgehead atoms. The molecule has 0 spiro atoms. The predicted octanol–water partition coefficient (Wildman–Crippen LogP) is 2.47. The van der Waals surface area contributed by atoms with Gasteiger partial charge in [0.1, 0.15) is 24.7 Å². The zero-order valence-electron chi connectivity index (χ0n) is 10.5. The maximum atomic E-state index is 11.0. The molecular weight excluding hydrogens is 270 g/mol. The molecule has 0 unspecified atom stereocenters. The van der Waals surface area contributed by atoms with Crippen molar-refractivity contribution in [2.75, 3.05) is 7.11 Å². The maximum absolute atomic E-state index is 11.0. The van der Waals surface area contributed by atoms with Gasteiger partial charge in [-0.25, -0.2) is 4.79 Å². The van der Waals surface area contributed by atoms with Gasteiger partial charge in [0, 0.05) is 18.1 Å². The van der Waals surface area contributed by atoms with Crippen LogP contribution in [0.4, 0.5) is 0 Å². The van der Waals surface area contributed by atoms with E-state index in [0.717, 1.165) is 4.88 Å². The molecule has 0 amide bonds. The number of ether oxygens (including phenoxy) is 2. The number of methoxy groups -OCH3 is 1. The molecular formula is C12H13NO5S. The smallest absolute Gasteiger partial charge is 0.349 e. The van der Waals surface area contributed by atoms with Crippen molar-refractivity contribution >= 4 is 17.3 Å². The van der Waals surface area contributed by atoms with Gasteiger partial charge in [-0.1, -0.05) is 5.16 Å². The van der Waals surface area contributed by atoms with Crippen molar-refractivity contribution in [1.29, 1.82) is 0 Å². The third kappa shape index (κ3) is 3.33. The number of carboxylic acids is 1. The molecule has 6 nitrogen and oxygen atoms in total. The summed E-state index contributed by atoms with van der Waals surface area (Å²) in [5.74, 6) is -0.0410. The number of hydrogen-bond donors (Lipinski definition) is 1. The van der Waals surface area contributed by atoms with Crippen LogP contribution in [0.15, 0.2) is 16.7 Å². The molecule has 0 saturated carbocycles. The van der Waals surface area contributed by atoms with Gasteiger partial charge in [-0.15, -0.1) is 11.3 Å². The van der Waals surface area contributed by atoms with Crippen LogP contribution >= 0.6 is 11.3 Å². The van der Waals surface area contributed by atoms with Gasteiger partial charge in [-0.3, -0.25) is 0 Å². The molecule has 0 atom stereocenters. The molecule has 0 aliphatic heterocycles. The zero-order chi connectivity index (χ0) is 13.8. The van der Waals surface area contributed by atoms with E-state index in [9.17, 15) is 4.79 Å². The number of hydrogen-bond acceptors (Lipinski definition) is 6. The van der Waals surface area contributed by atoms with Gasteiger partial charge in [0.05, 0.1) is 0 Å². The van der Waals surface area contributed by atoms with E-state index >= 15 is 0 Å². The van der Waals surface area contributed by atoms with Crippen molar-refractivity contribution in [3.8, 4) is 5.75 Å². The highest BCUT2D eigenvalue weighted by Gasteiger charge is 2.16. The van der Waals surface area contributed by atoms with E-state index in [1.165, 1.54) is 11.3 Å². The molecule has 7 heteroatoms. The van der Waals surface area contributed by atoms with Crippen molar-refractivity contribution in [1.82, 2.24) is 5.16 Å². The first kappa shape index (κ1) is 13.6. The van der Waals surface area contributed by atoms with Crippen molar-refractivity contribution in [3.05, 3.63) is 33.3 Å². The summed E-state index contributed by atoms with van der Waals surface area (Å²) in [6.07, 6.45) is 0. The minimum absolute atomic E-state index is 0.156. The van der Waals surface area contributed by atoms with E-state index in [1.807, 2.05) is 6.92 Å². The molecule has 19 heavy (non-hydrogen) atoms. The largest absolute Gasteiger partial charge is 0.485 e. The third-order valence-electron chi connectivity index (χ3n) is 2.29. The van der Waals surface area contributed by atoms with E-state index in [4.69, 9.17) is 19.1 Å². The van der Waals surface area contributed by atoms with Crippen molar-refractivity contribution in [3.63, 3.8) is 0 Å². The van der Waals surface area contributed by atoms with Crippen molar-refractivity contribution < 1.29 is 23.9 Å². The Morgan fingerprint density at radius 1 is 1.47 bits per heavy atom. The lowest BCUT2D eigenvalue weighted by Gasteiger charge is -2.01. The molecule has 102 valence electrons. The number of thiophene rings is 1. The van der Waals surface area contributed by atoms with Gasteiger partial charge in [-0.2, -0.15) is 0 Å². The van der Waals surface area contributed by atoms with E-state index in [0.29, 0.717) is 23.8 Å². The number of aromatic carboxylic acids is 1. The minimum Gasteiger partial charge on any atom is -0.485 e. The van der Waals surface area contributed by atoms with Crippen LogP contribution < -0.4 is 4.74 Å². The quantitative estimate of drug-likeness (QED) is 0.877. The molecule has 1 N–H and O–H groups in total. The fourth-order valence-corrected chi connectivity index (χ4v) is 2.33. The second-order valence-electron chi connectivity index (χ2n) is 3.86. The second kappa shape index (κ2) is 5.85. The summed E-state index contributed by atoms with van der Waals surface area (Å²) in [4.78, 5) is 12.1. The Balaban J connectivity index is 2.03. The highest BCUT2D eigenvalue weighted by Crippen LogP contribution is 2.29. The van der Waals surface area contributed by atoms with Gasteiger partial charge in [-0.05, 0) is 13.0 Å². The fraction of sp³-hybridized carbons (Fsp3) is 0.333. The molecule has 0 aliphatic rings. The monoisotopic (exact) mass is 283 g/mol. The van der Waals surface area contributed by atoms with E-state index < -0.39 is 5.97 Å². The summed E-state index contributed by atoms with van der Waals surface area (Å²) < 4.78 is 15.4. The van der Waals surface area contributed by atoms with Crippen LogP contribution in [0.25, 0.3) is 0 Å². The fourth-order valence-electron chi connectivity index (χ4n) is 1.53. The molecule has 2 aromatic heterocycles.